The lowest BCUT2D eigenvalue weighted by molar-refractivity contribution is -0.121. The number of carbonyl (C=O) groups excluding carboxylic acids is 1. The second kappa shape index (κ2) is 7.48. The molecule has 0 spiro atoms. The van der Waals surface area contributed by atoms with Crippen LogP contribution in [0.2, 0.25) is 0 Å². The van der Waals surface area contributed by atoms with Crippen LogP contribution in [0.1, 0.15) is 30.3 Å². The molecule has 0 fully saturated rings. The average Bonchev–Trinajstić information content (AvgIpc) is 2.99. The predicted molar refractivity (Wildman–Crippen MR) is 79.4 cm³/mol. The lowest BCUT2D eigenvalue weighted by atomic mass is 10.1. The number of benzene rings is 1. The summed E-state index contributed by atoms with van der Waals surface area (Å²) in [6.45, 7) is 2.77. The Hall–Kier alpha value is -2.10. The SMILES string of the molecule is CCc1ccc(CCC(=O)NCCc2ncc[nH]2)cc1. The van der Waals surface area contributed by atoms with Crippen LogP contribution in [0.15, 0.2) is 36.7 Å². The van der Waals surface area contributed by atoms with E-state index in [1.165, 1.54) is 11.1 Å². The van der Waals surface area contributed by atoms with Gasteiger partial charge in [-0.3, -0.25) is 4.79 Å². The van der Waals surface area contributed by atoms with Crippen LogP contribution in [-0.2, 0) is 24.1 Å². The zero-order chi connectivity index (χ0) is 14.2. The second-order valence-electron chi connectivity index (χ2n) is 4.81. The fourth-order valence-corrected chi connectivity index (χ4v) is 2.04. The topological polar surface area (TPSA) is 57.8 Å². The molecule has 1 amide bonds. The van der Waals surface area contributed by atoms with E-state index in [0.717, 1.165) is 25.1 Å². The van der Waals surface area contributed by atoms with Gasteiger partial charge in [-0.2, -0.15) is 0 Å². The molecule has 4 nitrogen and oxygen atoms in total. The summed E-state index contributed by atoms with van der Waals surface area (Å²) >= 11 is 0. The van der Waals surface area contributed by atoms with Gasteiger partial charge >= 0.3 is 0 Å². The molecule has 2 rings (SSSR count). The maximum Gasteiger partial charge on any atom is 0.220 e. The van der Waals surface area contributed by atoms with Gasteiger partial charge in [0.1, 0.15) is 5.82 Å². The van der Waals surface area contributed by atoms with Crippen molar-refractivity contribution in [1.29, 1.82) is 0 Å². The minimum atomic E-state index is 0.0936. The number of rotatable bonds is 7. The van der Waals surface area contributed by atoms with Gasteiger partial charge in [0.25, 0.3) is 0 Å². The predicted octanol–water partition coefficient (Wildman–Crippen LogP) is 2.26. The molecule has 0 radical (unpaired) electrons. The Balaban J connectivity index is 1.66. The van der Waals surface area contributed by atoms with Crippen LogP contribution in [0.3, 0.4) is 0 Å². The zero-order valence-corrected chi connectivity index (χ0v) is 11.9. The number of amides is 1. The third-order valence-corrected chi connectivity index (χ3v) is 3.31. The van der Waals surface area contributed by atoms with E-state index in [1.54, 1.807) is 12.4 Å². The fraction of sp³-hybridized carbons (Fsp3) is 0.375. The van der Waals surface area contributed by atoms with Gasteiger partial charge in [-0.05, 0) is 24.0 Å². The number of aryl methyl sites for hydroxylation is 2. The van der Waals surface area contributed by atoms with Crippen LogP contribution in [0, 0.1) is 0 Å². The molecular formula is C16H21N3O. The highest BCUT2D eigenvalue weighted by molar-refractivity contribution is 5.76. The molecule has 0 aliphatic carbocycles. The summed E-state index contributed by atoms with van der Waals surface area (Å²) in [5, 5.41) is 2.91. The summed E-state index contributed by atoms with van der Waals surface area (Å²) in [5.74, 6) is 0.997. The largest absolute Gasteiger partial charge is 0.356 e. The molecule has 2 N–H and O–H groups in total. The Morgan fingerprint density at radius 1 is 1.20 bits per heavy atom. The molecule has 0 bridgehead atoms. The van der Waals surface area contributed by atoms with Crippen molar-refractivity contribution in [2.24, 2.45) is 0 Å². The molecule has 0 atom stereocenters. The van der Waals surface area contributed by atoms with E-state index in [-0.39, 0.29) is 5.91 Å². The van der Waals surface area contributed by atoms with E-state index in [9.17, 15) is 4.79 Å². The molecule has 0 aliphatic heterocycles. The second-order valence-corrected chi connectivity index (χ2v) is 4.81. The summed E-state index contributed by atoms with van der Waals surface area (Å²) in [4.78, 5) is 18.9. The van der Waals surface area contributed by atoms with E-state index in [2.05, 4.69) is 46.5 Å². The Bertz CT molecular complexity index is 517. The third kappa shape index (κ3) is 4.53. The van der Waals surface area contributed by atoms with Crippen LogP contribution < -0.4 is 5.32 Å². The third-order valence-electron chi connectivity index (χ3n) is 3.31. The summed E-state index contributed by atoms with van der Waals surface area (Å²) < 4.78 is 0. The van der Waals surface area contributed by atoms with Crippen LogP contribution in [0.4, 0.5) is 0 Å². The maximum absolute atomic E-state index is 11.7. The first-order valence-electron chi connectivity index (χ1n) is 7.10. The molecule has 1 heterocycles. The first-order chi connectivity index (χ1) is 9.78. The van der Waals surface area contributed by atoms with Gasteiger partial charge in [-0.1, -0.05) is 31.2 Å². The van der Waals surface area contributed by atoms with E-state index in [4.69, 9.17) is 0 Å². The number of hydrogen-bond donors (Lipinski definition) is 2. The van der Waals surface area contributed by atoms with Gasteiger partial charge in [0, 0.05) is 31.8 Å². The lowest BCUT2D eigenvalue weighted by Crippen LogP contribution is -2.26. The number of nitrogens with one attached hydrogen (secondary N) is 2. The molecule has 0 saturated carbocycles. The maximum atomic E-state index is 11.7. The van der Waals surface area contributed by atoms with Crippen molar-refractivity contribution in [1.82, 2.24) is 15.3 Å². The van der Waals surface area contributed by atoms with E-state index < -0.39 is 0 Å². The number of carbonyl (C=O) groups is 1. The highest BCUT2D eigenvalue weighted by atomic mass is 16.1. The Labute approximate surface area is 119 Å². The van der Waals surface area contributed by atoms with Gasteiger partial charge in [0.15, 0.2) is 0 Å². The quantitative estimate of drug-likeness (QED) is 0.811. The molecule has 0 saturated heterocycles. The van der Waals surface area contributed by atoms with Crippen molar-refractivity contribution in [3.05, 3.63) is 53.6 Å². The van der Waals surface area contributed by atoms with E-state index >= 15 is 0 Å². The molecule has 4 heteroatoms. The standard InChI is InChI=1S/C16H21N3O/c1-2-13-3-5-14(6-4-13)7-8-16(20)19-10-9-15-17-11-12-18-15/h3-6,11-12H,2,7-10H2,1H3,(H,17,18)(H,19,20). The monoisotopic (exact) mass is 271 g/mol. The molecule has 1 aromatic carbocycles. The van der Waals surface area contributed by atoms with Crippen LogP contribution >= 0.6 is 0 Å². The van der Waals surface area contributed by atoms with Gasteiger partial charge in [0.2, 0.25) is 5.91 Å². The highest BCUT2D eigenvalue weighted by Crippen LogP contribution is 2.07. The number of aromatic nitrogens is 2. The zero-order valence-electron chi connectivity index (χ0n) is 11.9. The Kier molecular flexibility index (Phi) is 5.35. The first kappa shape index (κ1) is 14.3. The molecule has 0 aliphatic rings. The van der Waals surface area contributed by atoms with Crippen molar-refractivity contribution in [3.63, 3.8) is 0 Å². The summed E-state index contributed by atoms with van der Waals surface area (Å²) in [7, 11) is 0. The number of imidazole rings is 1. The Morgan fingerprint density at radius 2 is 1.95 bits per heavy atom. The van der Waals surface area contributed by atoms with Gasteiger partial charge in [-0.25, -0.2) is 4.98 Å². The molecule has 106 valence electrons. The lowest BCUT2D eigenvalue weighted by Gasteiger charge is -2.05. The molecule has 1 aromatic heterocycles. The van der Waals surface area contributed by atoms with Crippen molar-refractivity contribution in [2.45, 2.75) is 32.6 Å². The molecule has 0 unspecified atom stereocenters. The normalized spacial score (nSPS) is 10.4. The van der Waals surface area contributed by atoms with E-state index in [0.29, 0.717) is 13.0 Å². The number of H-pyrrole nitrogens is 1. The molecular weight excluding hydrogens is 250 g/mol. The van der Waals surface area contributed by atoms with Crippen LogP contribution in [-0.4, -0.2) is 22.4 Å². The minimum Gasteiger partial charge on any atom is -0.356 e. The summed E-state index contributed by atoms with van der Waals surface area (Å²) in [6.07, 6.45) is 6.62. The van der Waals surface area contributed by atoms with Gasteiger partial charge < -0.3 is 10.3 Å². The first-order valence-corrected chi connectivity index (χ1v) is 7.10. The summed E-state index contributed by atoms with van der Waals surface area (Å²) in [5.41, 5.74) is 2.54. The molecule has 2 aromatic rings. The van der Waals surface area contributed by atoms with Crippen molar-refractivity contribution >= 4 is 5.91 Å². The van der Waals surface area contributed by atoms with Crippen LogP contribution in [0.5, 0.6) is 0 Å². The van der Waals surface area contributed by atoms with Gasteiger partial charge in [0.05, 0.1) is 0 Å². The molecule has 20 heavy (non-hydrogen) atoms. The highest BCUT2D eigenvalue weighted by Gasteiger charge is 2.03. The van der Waals surface area contributed by atoms with Gasteiger partial charge in [-0.15, -0.1) is 0 Å². The smallest absolute Gasteiger partial charge is 0.220 e. The fourth-order valence-electron chi connectivity index (χ4n) is 2.04. The number of hydrogen-bond acceptors (Lipinski definition) is 2. The minimum absolute atomic E-state index is 0.0936. The van der Waals surface area contributed by atoms with Crippen LogP contribution in [0.25, 0.3) is 0 Å². The van der Waals surface area contributed by atoms with E-state index in [1.807, 2.05) is 0 Å². The van der Waals surface area contributed by atoms with Crippen molar-refractivity contribution in [3.8, 4) is 0 Å². The summed E-state index contributed by atoms with van der Waals surface area (Å²) in [6, 6.07) is 8.47. The number of aromatic amines is 1. The van der Waals surface area contributed by atoms with Crippen molar-refractivity contribution in [2.75, 3.05) is 6.54 Å². The number of nitrogens with zero attached hydrogens (tertiary/aromatic N) is 1. The Morgan fingerprint density at radius 3 is 2.60 bits per heavy atom. The van der Waals surface area contributed by atoms with Crippen molar-refractivity contribution < 1.29 is 4.79 Å². The average molecular weight is 271 g/mol.